The van der Waals surface area contributed by atoms with Gasteiger partial charge >= 0.3 is 0 Å². The van der Waals surface area contributed by atoms with Crippen LogP contribution in [0.3, 0.4) is 0 Å². The molecule has 1 amide bonds. The van der Waals surface area contributed by atoms with Crippen LogP contribution in [0.25, 0.3) is 0 Å². The molecule has 1 saturated heterocycles. The summed E-state index contributed by atoms with van der Waals surface area (Å²) in [4.78, 5) is 12.6. The molecule has 1 aliphatic rings. The van der Waals surface area contributed by atoms with E-state index in [1.807, 2.05) is 19.1 Å². The molecule has 3 rings (SSSR count). The fourth-order valence-corrected chi connectivity index (χ4v) is 5.22. The van der Waals surface area contributed by atoms with Crippen molar-refractivity contribution in [3.05, 3.63) is 57.6 Å². The Hall–Kier alpha value is -1.60. The van der Waals surface area contributed by atoms with Crippen LogP contribution in [0.1, 0.15) is 28.8 Å². The highest BCUT2D eigenvalue weighted by Gasteiger charge is 2.30. The molecule has 1 heterocycles. The highest BCUT2D eigenvalue weighted by molar-refractivity contribution is 7.89. The number of para-hydroxylation sites is 1. The Morgan fingerprint density at radius 2 is 1.73 bits per heavy atom. The van der Waals surface area contributed by atoms with E-state index in [-0.39, 0.29) is 20.5 Å². The first-order chi connectivity index (χ1) is 12.3. The van der Waals surface area contributed by atoms with Gasteiger partial charge < -0.3 is 5.32 Å². The van der Waals surface area contributed by atoms with E-state index in [0.29, 0.717) is 18.8 Å². The molecule has 1 fully saturated rings. The molecule has 0 spiro atoms. The summed E-state index contributed by atoms with van der Waals surface area (Å²) in [7, 11) is -3.76. The molecule has 1 N–H and O–H groups in total. The van der Waals surface area contributed by atoms with E-state index in [2.05, 4.69) is 5.32 Å². The molecule has 138 valence electrons. The van der Waals surface area contributed by atoms with Crippen LogP contribution in [0.2, 0.25) is 10.0 Å². The minimum absolute atomic E-state index is 0.00865. The molecule has 0 aromatic heterocycles. The van der Waals surface area contributed by atoms with Crippen LogP contribution in [-0.4, -0.2) is 31.7 Å². The molecule has 0 unspecified atom stereocenters. The third kappa shape index (κ3) is 3.74. The van der Waals surface area contributed by atoms with Crippen LogP contribution in [-0.2, 0) is 10.0 Å². The SMILES string of the molecule is Cc1ccccc1NC(=O)c1cc(S(=O)(=O)N2CCCC2)c(Cl)cc1Cl. The molecule has 0 saturated carbocycles. The number of rotatable bonds is 4. The summed E-state index contributed by atoms with van der Waals surface area (Å²) in [5.74, 6) is -0.487. The van der Waals surface area contributed by atoms with Crippen LogP contribution in [0.15, 0.2) is 41.3 Å². The van der Waals surface area contributed by atoms with Gasteiger partial charge in [-0.1, -0.05) is 41.4 Å². The Labute approximate surface area is 163 Å². The predicted molar refractivity (Wildman–Crippen MR) is 104 cm³/mol. The summed E-state index contributed by atoms with van der Waals surface area (Å²) >= 11 is 12.3. The van der Waals surface area contributed by atoms with Gasteiger partial charge in [0.25, 0.3) is 5.91 Å². The molecular formula is C18H18Cl2N2O3S. The second-order valence-corrected chi connectivity index (χ2v) is 8.86. The van der Waals surface area contributed by atoms with Crippen molar-refractivity contribution in [3.8, 4) is 0 Å². The maximum atomic E-state index is 12.8. The van der Waals surface area contributed by atoms with Crippen molar-refractivity contribution in [2.75, 3.05) is 18.4 Å². The van der Waals surface area contributed by atoms with Gasteiger partial charge in [0.1, 0.15) is 4.90 Å². The summed E-state index contributed by atoms with van der Waals surface area (Å²) < 4.78 is 27.0. The quantitative estimate of drug-likeness (QED) is 0.811. The number of aryl methyl sites for hydroxylation is 1. The van der Waals surface area contributed by atoms with E-state index >= 15 is 0 Å². The number of nitrogens with one attached hydrogen (secondary N) is 1. The molecule has 2 aromatic rings. The van der Waals surface area contributed by atoms with Crippen LogP contribution < -0.4 is 5.32 Å². The molecular weight excluding hydrogens is 395 g/mol. The van der Waals surface area contributed by atoms with Crippen molar-refractivity contribution < 1.29 is 13.2 Å². The van der Waals surface area contributed by atoms with Crippen molar-refractivity contribution >= 4 is 44.8 Å². The van der Waals surface area contributed by atoms with Gasteiger partial charge in [0.2, 0.25) is 10.0 Å². The molecule has 5 nitrogen and oxygen atoms in total. The Balaban J connectivity index is 1.98. The Morgan fingerprint density at radius 1 is 1.08 bits per heavy atom. The normalized spacial score (nSPS) is 15.2. The maximum absolute atomic E-state index is 12.8. The molecule has 0 bridgehead atoms. The lowest BCUT2D eigenvalue weighted by Crippen LogP contribution is -2.28. The third-order valence-electron chi connectivity index (χ3n) is 4.34. The topological polar surface area (TPSA) is 66.5 Å². The van der Waals surface area contributed by atoms with Gasteiger partial charge in [-0.25, -0.2) is 8.42 Å². The predicted octanol–water partition coefficient (Wildman–Crippen LogP) is 4.34. The van der Waals surface area contributed by atoms with Crippen LogP contribution in [0.4, 0.5) is 5.69 Å². The van der Waals surface area contributed by atoms with Crippen LogP contribution >= 0.6 is 23.2 Å². The number of amides is 1. The molecule has 0 aliphatic carbocycles. The number of benzene rings is 2. The minimum atomic E-state index is -3.76. The number of hydrogen-bond donors (Lipinski definition) is 1. The van der Waals surface area contributed by atoms with E-state index < -0.39 is 15.9 Å². The monoisotopic (exact) mass is 412 g/mol. The number of anilines is 1. The van der Waals surface area contributed by atoms with Gasteiger partial charge in [-0.15, -0.1) is 0 Å². The Morgan fingerprint density at radius 3 is 2.38 bits per heavy atom. The summed E-state index contributed by atoms with van der Waals surface area (Å²) in [5.41, 5.74) is 1.58. The lowest BCUT2D eigenvalue weighted by molar-refractivity contribution is 0.102. The third-order valence-corrected chi connectivity index (χ3v) is 7.02. The second-order valence-electron chi connectivity index (χ2n) is 6.14. The first kappa shape index (κ1) is 19.2. The van der Waals surface area contributed by atoms with Gasteiger partial charge in [0.15, 0.2) is 0 Å². The first-order valence-corrected chi connectivity index (χ1v) is 10.4. The van der Waals surface area contributed by atoms with Crippen molar-refractivity contribution in [3.63, 3.8) is 0 Å². The van der Waals surface area contributed by atoms with Gasteiger partial charge in [0, 0.05) is 18.8 Å². The molecule has 0 radical (unpaired) electrons. The zero-order valence-corrected chi connectivity index (χ0v) is 16.5. The molecule has 8 heteroatoms. The van der Waals surface area contributed by atoms with Gasteiger partial charge in [-0.3, -0.25) is 4.79 Å². The standard InChI is InChI=1S/C18H18Cl2N2O3S/c1-12-6-2-3-7-16(12)21-18(23)13-10-17(15(20)11-14(13)19)26(24,25)22-8-4-5-9-22/h2-3,6-7,10-11H,4-5,8-9H2,1H3,(H,21,23). The number of carbonyl (C=O) groups is 1. The number of nitrogens with zero attached hydrogens (tertiary/aromatic N) is 1. The minimum Gasteiger partial charge on any atom is -0.322 e. The zero-order valence-electron chi connectivity index (χ0n) is 14.1. The summed E-state index contributed by atoms with van der Waals surface area (Å²) in [5, 5.41) is 2.87. The van der Waals surface area contributed by atoms with Crippen LogP contribution in [0.5, 0.6) is 0 Å². The van der Waals surface area contributed by atoms with E-state index in [9.17, 15) is 13.2 Å². The Kier molecular flexibility index (Phi) is 5.58. The number of sulfonamides is 1. The smallest absolute Gasteiger partial charge is 0.257 e. The lowest BCUT2D eigenvalue weighted by Gasteiger charge is -2.18. The van der Waals surface area contributed by atoms with Crippen molar-refractivity contribution in [1.29, 1.82) is 0 Å². The zero-order chi connectivity index (χ0) is 18.9. The first-order valence-electron chi connectivity index (χ1n) is 8.17. The number of hydrogen-bond acceptors (Lipinski definition) is 3. The fourth-order valence-electron chi connectivity index (χ4n) is 2.87. The summed E-state index contributed by atoms with van der Waals surface area (Å²) in [6.07, 6.45) is 1.62. The Bertz CT molecular complexity index is 955. The van der Waals surface area contributed by atoms with Crippen molar-refractivity contribution in [2.45, 2.75) is 24.7 Å². The van der Waals surface area contributed by atoms with Gasteiger partial charge in [-0.05, 0) is 43.5 Å². The van der Waals surface area contributed by atoms with Crippen molar-refractivity contribution in [1.82, 2.24) is 4.31 Å². The van der Waals surface area contributed by atoms with Gasteiger partial charge in [-0.2, -0.15) is 4.31 Å². The van der Waals surface area contributed by atoms with Crippen molar-refractivity contribution in [2.24, 2.45) is 0 Å². The molecule has 0 atom stereocenters. The maximum Gasteiger partial charge on any atom is 0.257 e. The second kappa shape index (κ2) is 7.56. The number of carbonyl (C=O) groups excluding carboxylic acids is 1. The van der Waals surface area contributed by atoms with Gasteiger partial charge in [0.05, 0.1) is 15.6 Å². The molecule has 2 aromatic carbocycles. The highest BCUT2D eigenvalue weighted by Crippen LogP contribution is 2.32. The van der Waals surface area contributed by atoms with E-state index in [1.54, 1.807) is 12.1 Å². The lowest BCUT2D eigenvalue weighted by atomic mass is 10.1. The fraction of sp³-hybridized carbons (Fsp3) is 0.278. The largest absolute Gasteiger partial charge is 0.322 e. The van der Waals surface area contributed by atoms with E-state index in [0.717, 1.165) is 18.4 Å². The van der Waals surface area contributed by atoms with Crippen LogP contribution in [0, 0.1) is 6.92 Å². The average Bonchev–Trinajstić information content (AvgIpc) is 3.12. The molecule has 26 heavy (non-hydrogen) atoms. The van der Waals surface area contributed by atoms with E-state index in [1.165, 1.54) is 16.4 Å². The summed E-state index contributed by atoms with van der Waals surface area (Å²) in [6.45, 7) is 2.76. The highest BCUT2D eigenvalue weighted by atomic mass is 35.5. The molecule has 1 aliphatic heterocycles. The summed E-state index contributed by atoms with van der Waals surface area (Å²) in [6, 6.07) is 9.85. The number of halogens is 2. The van der Waals surface area contributed by atoms with E-state index in [4.69, 9.17) is 23.2 Å². The average molecular weight is 413 g/mol.